The highest BCUT2D eigenvalue weighted by molar-refractivity contribution is 14.0. The number of aromatic nitrogens is 1. The molecule has 0 bridgehead atoms. The largest absolute Gasteiger partial charge is 0.356 e. The summed E-state index contributed by atoms with van der Waals surface area (Å²) < 4.78 is 0. The second-order valence-electron chi connectivity index (χ2n) is 6.33. The summed E-state index contributed by atoms with van der Waals surface area (Å²) >= 11 is 5.80. The van der Waals surface area contributed by atoms with Crippen LogP contribution in [0.1, 0.15) is 31.7 Å². The average molecular weight is 480 g/mol. The molecular weight excluding hydrogens is 449 g/mol. The van der Waals surface area contributed by atoms with Gasteiger partial charge in [0.25, 0.3) is 0 Å². The van der Waals surface area contributed by atoms with Crippen molar-refractivity contribution in [1.82, 2.24) is 20.5 Å². The number of rotatable bonds is 7. The molecule has 25 heavy (non-hydrogen) atoms. The number of aliphatic imine (C=N–C) groups is 1. The van der Waals surface area contributed by atoms with Crippen LogP contribution in [0.5, 0.6) is 0 Å². The molecule has 5 nitrogen and oxygen atoms in total. The summed E-state index contributed by atoms with van der Waals surface area (Å²) in [5.41, 5.74) is 1.17. The van der Waals surface area contributed by atoms with Crippen LogP contribution in [0.15, 0.2) is 23.3 Å². The van der Waals surface area contributed by atoms with E-state index in [1.807, 2.05) is 25.4 Å². The van der Waals surface area contributed by atoms with Gasteiger partial charge in [0, 0.05) is 26.3 Å². The minimum absolute atomic E-state index is 0. The van der Waals surface area contributed by atoms with E-state index in [1.54, 1.807) is 0 Å². The summed E-state index contributed by atoms with van der Waals surface area (Å²) in [6.45, 7) is 7.76. The van der Waals surface area contributed by atoms with E-state index in [0.29, 0.717) is 5.15 Å². The predicted molar refractivity (Wildman–Crippen MR) is 117 cm³/mol. The third kappa shape index (κ3) is 8.55. The Kier molecular flexibility index (Phi) is 11.4. The SMILES string of the molecule is CCN1CCC(CCNC(=NC)NCCc2ccc(Cl)nc2)CC1.I. The molecule has 2 rings (SSSR count). The highest BCUT2D eigenvalue weighted by atomic mass is 127. The summed E-state index contributed by atoms with van der Waals surface area (Å²) in [6, 6.07) is 3.84. The first-order valence-corrected chi connectivity index (χ1v) is 9.36. The van der Waals surface area contributed by atoms with Crippen molar-refractivity contribution >= 4 is 41.5 Å². The van der Waals surface area contributed by atoms with E-state index in [-0.39, 0.29) is 24.0 Å². The normalized spacial score (nSPS) is 16.4. The fourth-order valence-electron chi connectivity index (χ4n) is 3.09. The molecule has 0 amide bonds. The van der Waals surface area contributed by atoms with E-state index in [2.05, 4.69) is 32.4 Å². The minimum atomic E-state index is 0. The predicted octanol–water partition coefficient (Wildman–Crippen LogP) is 3.18. The molecule has 7 heteroatoms. The lowest BCUT2D eigenvalue weighted by atomic mass is 9.93. The van der Waals surface area contributed by atoms with Gasteiger partial charge in [0.15, 0.2) is 5.96 Å². The lowest BCUT2D eigenvalue weighted by Crippen LogP contribution is -2.40. The third-order valence-corrected chi connectivity index (χ3v) is 4.94. The fraction of sp³-hybridized carbons (Fsp3) is 0.667. The standard InChI is InChI=1S/C18H30ClN5.HI/c1-3-24-12-8-15(9-13-24)6-10-21-18(20-2)22-11-7-16-4-5-17(19)23-14-16;/h4-5,14-15H,3,6-13H2,1-2H3,(H2,20,21,22);1H. The molecule has 0 aromatic carbocycles. The van der Waals surface area contributed by atoms with Crippen LogP contribution in [0.4, 0.5) is 0 Å². The number of likely N-dealkylation sites (tertiary alicyclic amines) is 1. The summed E-state index contributed by atoms with van der Waals surface area (Å²) in [7, 11) is 1.82. The van der Waals surface area contributed by atoms with Gasteiger partial charge in [-0.15, -0.1) is 24.0 Å². The van der Waals surface area contributed by atoms with Gasteiger partial charge in [0.05, 0.1) is 0 Å². The van der Waals surface area contributed by atoms with E-state index in [0.717, 1.165) is 31.4 Å². The molecule has 0 unspecified atom stereocenters. The number of hydrogen-bond acceptors (Lipinski definition) is 3. The topological polar surface area (TPSA) is 52.5 Å². The molecule has 1 aliphatic heterocycles. The molecule has 2 heterocycles. The quantitative estimate of drug-likeness (QED) is 0.273. The Balaban J connectivity index is 0.00000312. The molecule has 1 saturated heterocycles. The van der Waals surface area contributed by atoms with Crippen molar-refractivity contribution < 1.29 is 0 Å². The Labute approximate surface area is 174 Å². The maximum atomic E-state index is 5.80. The molecule has 142 valence electrons. The zero-order chi connectivity index (χ0) is 17.2. The van der Waals surface area contributed by atoms with Gasteiger partial charge in [-0.3, -0.25) is 4.99 Å². The maximum absolute atomic E-state index is 5.80. The molecule has 1 aromatic heterocycles. The Hall–Kier alpha value is -0.600. The zero-order valence-corrected chi connectivity index (χ0v) is 18.4. The maximum Gasteiger partial charge on any atom is 0.190 e. The number of guanidine groups is 1. The van der Waals surface area contributed by atoms with Crippen LogP contribution in [0, 0.1) is 5.92 Å². The smallest absolute Gasteiger partial charge is 0.190 e. The molecular formula is C18H31ClIN5. The molecule has 0 aliphatic carbocycles. The Morgan fingerprint density at radius 2 is 2.00 bits per heavy atom. The van der Waals surface area contributed by atoms with Crippen molar-refractivity contribution in [3.63, 3.8) is 0 Å². The number of hydrogen-bond donors (Lipinski definition) is 2. The number of pyridine rings is 1. The number of piperidine rings is 1. The number of halogens is 2. The summed E-state index contributed by atoms with van der Waals surface area (Å²) in [5, 5.41) is 7.32. The van der Waals surface area contributed by atoms with Crippen LogP contribution in [-0.4, -0.2) is 55.6 Å². The second-order valence-corrected chi connectivity index (χ2v) is 6.72. The molecule has 0 saturated carbocycles. The lowest BCUT2D eigenvalue weighted by Gasteiger charge is -2.31. The van der Waals surface area contributed by atoms with E-state index in [4.69, 9.17) is 11.6 Å². The monoisotopic (exact) mass is 479 g/mol. The molecule has 0 radical (unpaired) electrons. The van der Waals surface area contributed by atoms with Crippen LogP contribution in [-0.2, 0) is 6.42 Å². The summed E-state index contributed by atoms with van der Waals surface area (Å²) in [6.07, 6.45) is 6.60. The van der Waals surface area contributed by atoms with Crippen LogP contribution < -0.4 is 10.6 Å². The third-order valence-electron chi connectivity index (χ3n) is 4.72. The van der Waals surface area contributed by atoms with Crippen LogP contribution in [0.2, 0.25) is 5.15 Å². The second kappa shape index (κ2) is 12.7. The van der Waals surface area contributed by atoms with Gasteiger partial charge in [0.2, 0.25) is 0 Å². The lowest BCUT2D eigenvalue weighted by molar-refractivity contribution is 0.187. The van der Waals surface area contributed by atoms with Gasteiger partial charge in [-0.1, -0.05) is 24.6 Å². The first kappa shape index (κ1) is 22.4. The summed E-state index contributed by atoms with van der Waals surface area (Å²) in [4.78, 5) is 10.9. The van der Waals surface area contributed by atoms with Crippen LogP contribution >= 0.6 is 35.6 Å². The highest BCUT2D eigenvalue weighted by Crippen LogP contribution is 2.19. The molecule has 0 spiro atoms. The van der Waals surface area contributed by atoms with Crippen molar-refractivity contribution in [2.45, 2.75) is 32.6 Å². The Bertz CT molecular complexity index is 501. The zero-order valence-electron chi connectivity index (χ0n) is 15.3. The van der Waals surface area contributed by atoms with E-state index >= 15 is 0 Å². The first-order chi connectivity index (χ1) is 11.7. The van der Waals surface area contributed by atoms with Gasteiger partial charge in [0.1, 0.15) is 5.15 Å². The van der Waals surface area contributed by atoms with Gasteiger partial charge in [-0.25, -0.2) is 4.98 Å². The van der Waals surface area contributed by atoms with E-state index < -0.39 is 0 Å². The van der Waals surface area contributed by atoms with E-state index in [1.165, 1.54) is 44.5 Å². The van der Waals surface area contributed by atoms with Gasteiger partial charge in [-0.05, 0) is 62.9 Å². The molecule has 1 aliphatic rings. The van der Waals surface area contributed by atoms with Crippen molar-refractivity contribution in [3.8, 4) is 0 Å². The molecule has 1 fully saturated rings. The number of nitrogens with one attached hydrogen (secondary N) is 2. The first-order valence-electron chi connectivity index (χ1n) is 8.98. The molecule has 0 atom stereocenters. The van der Waals surface area contributed by atoms with Gasteiger partial charge < -0.3 is 15.5 Å². The summed E-state index contributed by atoms with van der Waals surface area (Å²) in [5.74, 6) is 1.72. The highest BCUT2D eigenvalue weighted by Gasteiger charge is 2.17. The van der Waals surface area contributed by atoms with Crippen molar-refractivity contribution in [2.75, 3.05) is 39.8 Å². The van der Waals surface area contributed by atoms with Gasteiger partial charge >= 0.3 is 0 Å². The van der Waals surface area contributed by atoms with Crippen LogP contribution in [0.25, 0.3) is 0 Å². The van der Waals surface area contributed by atoms with Crippen molar-refractivity contribution in [2.24, 2.45) is 10.9 Å². The van der Waals surface area contributed by atoms with Crippen LogP contribution in [0.3, 0.4) is 0 Å². The van der Waals surface area contributed by atoms with Crippen molar-refractivity contribution in [1.29, 1.82) is 0 Å². The average Bonchev–Trinajstić information content (AvgIpc) is 2.62. The number of nitrogens with zero attached hydrogens (tertiary/aromatic N) is 3. The molecule has 2 N–H and O–H groups in total. The minimum Gasteiger partial charge on any atom is -0.356 e. The fourth-order valence-corrected chi connectivity index (χ4v) is 3.20. The van der Waals surface area contributed by atoms with E-state index in [9.17, 15) is 0 Å². The molecule has 1 aromatic rings. The van der Waals surface area contributed by atoms with Crippen molar-refractivity contribution in [3.05, 3.63) is 29.0 Å². The van der Waals surface area contributed by atoms with Gasteiger partial charge in [-0.2, -0.15) is 0 Å². The Morgan fingerprint density at radius 1 is 1.28 bits per heavy atom. The Morgan fingerprint density at radius 3 is 2.60 bits per heavy atom.